The van der Waals surface area contributed by atoms with E-state index in [2.05, 4.69) is 29.0 Å². The molecule has 158 valence electrons. The molecule has 1 aromatic heterocycles. The van der Waals surface area contributed by atoms with E-state index in [1.54, 1.807) is 12.4 Å². The number of nitrogens with zero attached hydrogens (tertiary/aromatic N) is 5. The first kappa shape index (κ1) is 21.1. The van der Waals surface area contributed by atoms with Crippen LogP contribution in [0.15, 0.2) is 76.1 Å². The van der Waals surface area contributed by atoms with Gasteiger partial charge in [0.15, 0.2) is 18.2 Å². The molecule has 2 unspecified atom stereocenters. The number of ether oxygens (including phenoxy) is 1. The van der Waals surface area contributed by atoms with Gasteiger partial charge in [0.2, 0.25) is 0 Å². The van der Waals surface area contributed by atoms with E-state index in [0.29, 0.717) is 18.9 Å². The SMILES string of the molecule is CC1(P)C=NN2N=CC(c3cc[n+](CCCC(=O)OCc4ccccc4)cc3)=CC2=N1. The summed E-state index contributed by atoms with van der Waals surface area (Å²) in [6, 6.07) is 13.8. The van der Waals surface area contributed by atoms with Crippen LogP contribution in [0.5, 0.6) is 0 Å². The standard InChI is InChI=1S/C23H25N5O2P/c1-23(31)17-25-28-21(26-23)14-20(15-24-28)19-9-12-27(13-10-19)11-5-8-22(29)30-16-18-6-3-2-4-7-18/h2-4,6-7,9-10,12-15,17H,5,8,11,16,31H2,1H3/q+1. The second-order valence-corrected chi connectivity index (χ2v) is 8.82. The number of amidine groups is 1. The van der Waals surface area contributed by atoms with E-state index < -0.39 is 5.28 Å². The summed E-state index contributed by atoms with van der Waals surface area (Å²) >= 11 is 0. The zero-order valence-corrected chi connectivity index (χ0v) is 18.5. The fourth-order valence-corrected chi connectivity index (χ4v) is 3.40. The number of aliphatic imine (C=N–C) groups is 1. The van der Waals surface area contributed by atoms with Gasteiger partial charge in [-0.25, -0.2) is 9.56 Å². The molecule has 2 aromatic rings. The number of rotatable bonds is 7. The van der Waals surface area contributed by atoms with Crippen molar-refractivity contribution in [1.82, 2.24) is 5.12 Å². The lowest BCUT2D eigenvalue weighted by Gasteiger charge is -2.26. The number of benzene rings is 1. The Labute approximate surface area is 184 Å². The molecule has 2 atom stereocenters. The number of aryl methyl sites for hydroxylation is 1. The van der Waals surface area contributed by atoms with Gasteiger partial charge in [-0.3, -0.25) is 4.79 Å². The summed E-state index contributed by atoms with van der Waals surface area (Å²) in [6.45, 7) is 3.04. The summed E-state index contributed by atoms with van der Waals surface area (Å²) in [7, 11) is 2.68. The van der Waals surface area contributed by atoms with Crippen LogP contribution in [0.2, 0.25) is 0 Å². The molecule has 0 fully saturated rings. The summed E-state index contributed by atoms with van der Waals surface area (Å²) in [6.07, 6.45) is 10.6. The highest BCUT2D eigenvalue weighted by Gasteiger charge is 2.24. The van der Waals surface area contributed by atoms with Crippen molar-refractivity contribution in [3.63, 3.8) is 0 Å². The zero-order chi connectivity index (χ0) is 21.7. The third-order valence-electron chi connectivity index (χ3n) is 4.84. The molecular weight excluding hydrogens is 409 g/mol. The Hall–Kier alpha value is -3.18. The van der Waals surface area contributed by atoms with Crippen molar-refractivity contribution < 1.29 is 14.1 Å². The summed E-state index contributed by atoms with van der Waals surface area (Å²) in [5.74, 6) is 0.537. The molecule has 0 N–H and O–H groups in total. The average Bonchev–Trinajstić information content (AvgIpc) is 2.78. The van der Waals surface area contributed by atoms with Gasteiger partial charge < -0.3 is 4.74 Å². The lowest BCUT2D eigenvalue weighted by molar-refractivity contribution is -0.697. The molecule has 2 aliphatic heterocycles. The van der Waals surface area contributed by atoms with Gasteiger partial charge in [0.25, 0.3) is 0 Å². The maximum atomic E-state index is 11.9. The van der Waals surface area contributed by atoms with Crippen molar-refractivity contribution in [3.8, 4) is 0 Å². The molecule has 0 amide bonds. The molecule has 0 saturated heterocycles. The smallest absolute Gasteiger partial charge is 0.306 e. The van der Waals surface area contributed by atoms with Crippen molar-refractivity contribution in [2.75, 3.05) is 0 Å². The van der Waals surface area contributed by atoms with Crippen LogP contribution in [0.1, 0.15) is 30.9 Å². The predicted octanol–water partition coefficient (Wildman–Crippen LogP) is 3.17. The molecular formula is C23H25N5O2P+. The van der Waals surface area contributed by atoms with E-state index in [1.165, 1.54) is 5.12 Å². The molecule has 0 bridgehead atoms. The van der Waals surface area contributed by atoms with Gasteiger partial charge in [0.05, 0.1) is 18.9 Å². The minimum absolute atomic E-state index is 0.175. The molecule has 0 saturated carbocycles. The second kappa shape index (κ2) is 9.31. The Kier molecular flexibility index (Phi) is 6.33. The zero-order valence-electron chi connectivity index (χ0n) is 17.4. The molecule has 7 nitrogen and oxygen atoms in total. The molecule has 0 spiro atoms. The normalized spacial score (nSPS) is 19.5. The topological polar surface area (TPSA) is 70.5 Å². The first-order valence-corrected chi connectivity index (χ1v) is 10.7. The molecule has 4 rings (SSSR count). The Morgan fingerprint density at radius 2 is 1.94 bits per heavy atom. The van der Waals surface area contributed by atoms with Gasteiger partial charge in [-0.1, -0.05) is 30.3 Å². The van der Waals surface area contributed by atoms with Gasteiger partial charge in [-0.2, -0.15) is 10.2 Å². The number of hydrogen-bond acceptors (Lipinski definition) is 6. The number of esters is 1. The highest BCUT2D eigenvalue weighted by molar-refractivity contribution is 7.20. The number of aromatic nitrogens is 1. The van der Waals surface area contributed by atoms with Gasteiger partial charge in [0, 0.05) is 24.1 Å². The van der Waals surface area contributed by atoms with Crippen molar-refractivity contribution in [2.24, 2.45) is 15.2 Å². The summed E-state index contributed by atoms with van der Waals surface area (Å²) in [4.78, 5) is 16.6. The first-order chi connectivity index (χ1) is 15.0. The van der Waals surface area contributed by atoms with E-state index in [-0.39, 0.29) is 5.97 Å². The van der Waals surface area contributed by atoms with Crippen LogP contribution in [0.4, 0.5) is 0 Å². The van der Waals surface area contributed by atoms with Gasteiger partial charge in [0.1, 0.15) is 18.4 Å². The molecule has 2 aliphatic rings. The number of fused-ring (bicyclic) bond motifs is 1. The Bertz CT molecular complexity index is 1060. The minimum Gasteiger partial charge on any atom is -0.461 e. The van der Waals surface area contributed by atoms with Gasteiger partial charge in [-0.15, -0.1) is 14.4 Å². The number of carbonyl (C=O) groups is 1. The van der Waals surface area contributed by atoms with Gasteiger partial charge in [-0.05, 0) is 24.1 Å². The van der Waals surface area contributed by atoms with Crippen molar-refractivity contribution in [3.05, 3.63) is 72.1 Å². The third-order valence-corrected chi connectivity index (χ3v) is 5.12. The van der Waals surface area contributed by atoms with Crippen LogP contribution >= 0.6 is 9.24 Å². The van der Waals surface area contributed by atoms with E-state index in [9.17, 15) is 4.79 Å². The number of pyridine rings is 1. The van der Waals surface area contributed by atoms with Crippen LogP contribution in [-0.4, -0.2) is 34.6 Å². The van der Waals surface area contributed by atoms with Crippen molar-refractivity contribution >= 4 is 39.0 Å². The van der Waals surface area contributed by atoms with Crippen LogP contribution in [0, 0.1) is 0 Å². The fraction of sp³-hybridized carbons (Fsp3) is 0.261. The van der Waals surface area contributed by atoms with E-state index in [1.807, 2.05) is 67.9 Å². The maximum absolute atomic E-state index is 11.9. The fourth-order valence-electron chi connectivity index (χ4n) is 3.20. The predicted molar refractivity (Wildman–Crippen MR) is 124 cm³/mol. The van der Waals surface area contributed by atoms with Crippen LogP contribution in [0.25, 0.3) is 5.57 Å². The molecule has 0 radical (unpaired) electrons. The Morgan fingerprint density at radius 1 is 1.16 bits per heavy atom. The highest BCUT2D eigenvalue weighted by atomic mass is 31.0. The second-order valence-electron chi connectivity index (χ2n) is 7.65. The molecule has 1 aromatic carbocycles. The molecule has 8 heteroatoms. The minimum atomic E-state index is -0.414. The maximum Gasteiger partial charge on any atom is 0.306 e. The molecule has 31 heavy (non-hydrogen) atoms. The quantitative estimate of drug-likeness (QED) is 0.382. The molecule has 3 heterocycles. The van der Waals surface area contributed by atoms with Gasteiger partial charge >= 0.3 is 5.97 Å². The Balaban J connectivity index is 1.28. The molecule has 0 aliphatic carbocycles. The van der Waals surface area contributed by atoms with Crippen molar-refractivity contribution in [1.29, 1.82) is 0 Å². The number of allylic oxidation sites excluding steroid dienone is 1. The van der Waals surface area contributed by atoms with E-state index >= 15 is 0 Å². The summed E-state index contributed by atoms with van der Waals surface area (Å²) in [5, 5.41) is 9.76. The van der Waals surface area contributed by atoms with E-state index in [0.717, 1.165) is 29.7 Å². The van der Waals surface area contributed by atoms with Crippen LogP contribution in [-0.2, 0) is 22.7 Å². The lowest BCUT2D eigenvalue weighted by Crippen LogP contribution is -2.33. The lowest BCUT2D eigenvalue weighted by atomic mass is 10.1. The Morgan fingerprint density at radius 3 is 2.71 bits per heavy atom. The van der Waals surface area contributed by atoms with Crippen molar-refractivity contribution in [2.45, 2.75) is 38.2 Å². The monoisotopic (exact) mass is 434 g/mol. The third kappa shape index (κ3) is 5.70. The highest BCUT2D eigenvalue weighted by Crippen LogP contribution is 2.25. The summed E-state index contributed by atoms with van der Waals surface area (Å²) in [5.41, 5.74) is 3.02. The van der Waals surface area contributed by atoms with E-state index in [4.69, 9.17) is 4.74 Å². The largest absolute Gasteiger partial charge is 0.461 e. The van der Waals surface area contributed by atoms with Crippen LogP contribution in [0.3, 0.4) is 0 Å². The number of hydrazone groups is 2. The number of hydrogen-bond donors (Lipinski definition) is 0. The average molecular weight is 434 g/mol. The van der Waals surface area contributed by atoms with Crippen LogP contribution < -0.4 is 4.57 Å². The first-order valence-electron chi connectivity index (χ1n) is 10.2. The summed E-state index contributed by atoms with van der Waals surface area (Å²) < 4.78 is 7.38. The number of carbonyl (C=O) groups excluding carboxylic acids is 1.